The molecule has 1 aromatic heterocycles. The van der Waals surface area contributed by atoms with Crippen molar-refractivity contribution in [3.8, 4) is 0 Å². The fourth-order valence-corrected chi connectivity index (χ4v) is 3.47. The molecule has 0 N–H and O–H groups in total. The zero-order valence-corrected chi connectivity index (χ0v) is 14.3. The minimum absolute atomic E-state index is 0.173. The molecule has 0 aliphatic carbocycles. The summed E-state index contributed by atoms with van der Waals surface area (Å²) >= 11 is 6.20. The van der Waals surface area contributed by atoms with Gasteiger partial charge in [-0.3, -0.25) is 4.79 Å². The zero-order valence-electron chi connectivity index (χ0n) is 13.6. The van der Waals surface area contributed by atoms with Gasteiger partial charge in [-0.25, -0.2) is 13.8 Å². The van der Waals surface area contributed by atoms with Gasteiger partial charge < -0.3 is 9.47 Å². The molecule has 1 amide bonds. The number of carbonyl (C=O) groups is 1. The Hall–Kier alpha value is -2.73. The van der Waals surface area contributed by atoms with Gasteiger partial charge in [-0.05, 0) is 29.8 Å². The highest BCUT2D eigenvalue weighted by Gasteiger charge is 2.35. The third kappa shape index (κ3) is 2.97. The average molecular weight is 374 g/mol. The van der Waals surface area contributed by atoms with Gasteiger partial charge in [0.2, 0.25) is 0 Å². The van der Waals surface area contributed by atoms with E-state index in [1.54, 1.807) is 34.1 Å². The maximum atomic E-state index is 13.4. The van der Waals surface area contributed by atoms with E-state index in [9.17, 15) is 13.6 Å². The number of hydrogen-bond acceptors (Lipinski definition) is 2. The van der Waals surface area contributed by atoms with Crippen molar-refractivity contribution in [3.05, 3.63) is 88.5 Å². The number of hydrogen-bond donors (Lipinski definition) is 0. The summed E-state index contributed by atoms with van der Waals surface area (Å²) in [6.07, 6.45) is 3.27. The second-order valence-corrected chi connectivity index (χ2v) is 6.59. The molecule has 2 aromatic carbocycles. The maximum absolute atomic E-state index is 13.4. The third-order valence-corrected chi connectivity index (χ3v) is 4.79. The highest BCUT2D eigenvalue weighted by atomic mass is 35.5. The van der Waals surface area contributed by atoms with Crippen molar-refractivity contribution in [2.45, 2.75) is 19.1 Å². The smallest absolute Gasteiger partial charge is 0.251 e. The predicted molar refractivity (Wildman–Crippen MR) is 92.4 cm³/mol. The first-order chi connectivity index (χ1) is 12.5. The van der Waals surface area contributed by atoms with Crippen molar-refractivity contribution < 1.29 is 13.6 Å². The molecule has 0 fully saturated rings. The van der Waals surface area contributed by atoms with Crippen molar-refractivity contribution in [1.82, 2.24) is 14.5 Å². The van der Waals surface area contributed by atoms with Crippen molar-refractivity contribution in [1.29, 1.82) is 0 Å². The van der Waals surface area contributed by atoms with Gasteiger partial charge >= 0.3 is 0 Å². The number of carbonyl (C=O) groups excluding carboxylic acids is 1. The molecule has 1 unspecified atom stereocenters. The number of halogens is 3. The van der Waals surface area contributed by atoms with Crippen LogP contribution in [0.5, 0.6) is 0 Å². The van der Waals surface area contributed by atoms with E-state index in [2.05, 4.69) is 4.98 Å². The monoisotopic (exact) mass is 373 g/mol. The fraction of sp³-hybridized carbons (Fsp3) is 0.158. The Morgan fingerprint density at radius 3 is 2.58 bits per heavy atom. The molecule has 0 saturated carbocycles. The van der Waals surface area contributed by atoms with Crippen molar-refractivity contribution in [2.24, 2.45) is 0 Å². The Morgan fingerprint density at radius 2 is 1.85 bits per heavy atom. The second-order valence-electron chi connectivity index (χ2n) is 6.18. The summed E-state index contributed by atoms with van der Waals surface area (Å²) in [7, 11) is 0. The van der Waals surface area contributed by atoms with E-state index in [0.29, 0.717) is 18.7 Å². The lowest BCUT2D eigenvalue weighted by atomic mass is 10.0. The Kier molecular flexibility index (Phi) is 4.20. The third-order valence-electron chi connectivity index (χ3n) is 4.47. The van der Waals surface area contributed by atoms with Crippen LogP contribution in [-0.4, -0.2) is 20.4 Å². The van der Waals surface area contributed by atoms with E-state index in [0.717, 1.165) is 11.3 Å². The first-order valence-electron chi connectivity index (χ1n) is 8.02. The number of benzene rings is 2. The Balaban J connectivity index is 1.72. The van der Waals surface area contributed by atoms with Gasteiger partial charge in [-0.1, -0.05) is 29.8 Å². The number of rotatable bonds is 3. The minimum Gasteiger partial charge on any atom is -0.330 e. The maximum Gasteiger partial charge on any atom is 0.251 e. The van der Waals surface area contributed by atoms with Crippen LogP contribution in [0.2, 0.25) is 5.02 Å². The van der Waals surface area contributed by atoms with Gasteiger partial charge in [0.1, 0.15) is 17.7 Å². The lowest BCUT2D eigenvalue weighted by molar-refractivity contribution is -0.136. The first-order valence-corrected chi connectivity index (χ1v) is 8.39. The van der Waals surface area contributed by atoms with E-state index in [4.69, 9.17) is 11.6 Å². The molecule has 26 heavy (non-hydrogen) atoms. The van der Waals surface area contributed by atoms with Crippen LogP contribution >= 0.6 is 11.6 Å². The quantitative estimate of drug-likeness (QED) is 0.697. The molecule has 0 bridgehead atoms. The molecule has 0 radical (unpaired) electrons. The Bertz CT molecular complexity index is 971. The molecule has 0 spiro atoms. The first kappa shape index (κ1) is 16.7. The molecular formula is C19H14ClF2N3O. The highest BCUT2D eigenvalue weighted by Crippen LogP contribution is 2.33. The summed E-state index contributed by atoms with van der Waals surface area (Å²) in [6.45, 7) is 0.713. The zero-order chi connectivity index (χ0) is 18.3. The molecular weight excluding hydrogens is 360 g/mol. The van der Waals surface area contributed by atoms with E-state index in [-0.39, 0.29) is 16.7 Å². The predicted octanol–water partition coefficient (Wildman–Crippen LogP) is 3.95. The number of imidazole rings is 1. The summed E-state index contributed by atoms with van der Waals surface area (Å²) in [6, 6.07) is 9.30. The van der Waals surface area contributed by atoms with Crippen molar-refractivity contribution in [2.75, 3.05) is 0 Å². The van der Waals surface area contributed by atoms with Crippen LogP contribution < -0.4 is 0 Å². The van der Waals surface area contributed by atoms with Crippen LogP contribution in [-0.2, 0) is 17.9 Å². The number of nitrogens with zero attached hydrogens (tertiary/aromatic N) is 3. The summed E-state index contributed by atoms with van der Waals surface area (Å²) in [5, 5.41) is 0.187. The molecule has 1 aliphatic rings. The van der Waals surface area contributed by atoms with Crippen LogP contribution in [0.1, 0.15) is 22.9 Å². The van der Waals surface area contributed by atoms with E-state index >= 15 is 0 Å². The molecule has 4 rings (SSSR count). The van der Waals surface area contributed by atoms with Crippen LogP contribution in [0, 0.1) is 11.6 Å². The molecule has 7 heteroatoms. The van der Waals surface area contributed by atoms with E-state index < -0.39 is 11.9 Å². The van der Waals surface area contributed by atoms with E-state index in [1.165, 1.54) is 30.3 Å². The average Bonchev–Trinajstić information content (AvgIpc) is 3.07. The molecule has 132 valence electrons. The standard InChI is InChI=1S/C19H14ClF2N3O/c20-17-7-14(22)5-6-16(17)18-19(26)24(10-15-8-23-11-25(15)18)9-12-1-3-13(21)4-2-12/h1-8,11,18H,9-10H2. The Morgan fingerprint density at radius 1 is 1.12 bits per heavy atom. The van der Waals surface area contributed by atoms with Crippen molar-refractivity contribution >= 4 is 17.5 Å². The van der Waals surface area contributed by atoms with Gasteiger partial charge in [0.05, 0.1) is 18.6 Å². The normalized spacial score (nSPS) is 16.7. The summed E-state index contributed by atoms with van der Waals surface area (Å²) < 4.78 is 28.3. The number of aromatic nitrogens is 2. The Labute approximate surface area is 153 Å². The van der Waals surface area contributed by atoms with Crippen LogP contribution in [0.25, 0.3) is 0 Å². The molecule has 1 atom stereocenters. The van der Waals surface area contributed by atoms with Gasteiger partial charge in [-0.2, -0.15) is 0 Å². The fourth-order valence-electron chi connectivity index (χ4n) is 3.20. The van der Waals surface area contributed by atoms with Gasteiger partial charge in [0.25, 0.3) is 5.91 Å². The van der Waals surface area contributed by atoms with Crippen LogP contribution in [0.4, 0.5) is 8.78 Å². The number of amides is 1. The molecule has 1 aliphatic heterocycles. The summed E-state index contributed by atoms with van der Waals surface area (Å²) in [4.78, 5) is 18.9. The summed E-state index contributed by atoms with van der Waals surface area (Å²) in [5.41, 5.74) is 2.18. The largest absolute Gasteiger partial charge is 0.330 e. The second kappa shape index (κ2) is 6.53. The SMILES string of the molecule is O=C1C(c2ccc(F)cc2Cl)n2cncc2CN1Cc1ccc(F)cc1. The van der Waals surface area contributed by atoms with Gasteiger partial charge in [-0.15, -0.1) is 0 Å². The molecule has 3 aromatic rings. The summed E-state index contributed by atoms with van der Waals surface area (Å²) in [5.74, 6) is -0.961. The highest BCUT2D eigenvalue weighted by molar-refractivity contribution is 6.31. The van der Waals surface area contributed by atoms with Crippen LogP contribution in [0.3, 0.4) is 0 Å². The molecule has 2 heterocycles. The molecule has 4 nitrogen and oxygen atoms in total. The molecule has 0 saturated heterocycles. The minimum atomic E-state index is -0.713. The topological polar surface area (TPSA) is 38.1 Å². The van der Waals surface area contributed by atoms with Crippen LogP contribution in [0.15, 0.2) is 55.0 Å². The van der Waals surface area contributed by atoms with Gasteiger partial charge in [0.15, 0.2) is 0 Å². The lowest BCUT2D eigenvalue weighted by Crippen LogP contribution is -2.42. The number of fused-ring (bicyclic) bond motifs is 1. The lowest BCUT2D eigenvalue weighted by Gasteiger charge is -2.34. The van der Waals surface area contributed by atoms with E-state index in [1.807, 2.05) is 0 Å². The van der Waals surface area contributed by atoms with Gasteiger partial charge in [0, 0.05) is 23.3 Å². The van der Waals surface area contributed by atoms with Crippen molar-refractivity contribution in [3.63, 3.8) is 0 Å².